The van der Waals surface area contributed by atoms with Crippen molar-refractivity contribution in [3.8, 4) is 0 Å². The molecule has 0 aromatic rings. The topological polar surface area (TPSA) is 117 Å². The van der Waals surface area contributed by atoms with Gasteiger partial charge in [0.25, 0.3) is 0 Å². The number of esters is 1. The summed E-state index contributed by atoms with van der Waals surface area (Å²) < 4.78 is 7.43. The van der Waals surface area contributed by atoms with Crippen molar-refractivity contribution in [2.24, 2.45) is 0 Å². The van der Waals surface area contributed by atoms with Crippen molar-refractivity contribution >= 4 is 36.3 Å². The molecule has 0 aliphatic heterocycles. The predicted octanol–water partition coefficient (Wildman–Crippen LogP) is 2.13. The third-order valence-electron chi connectivity index (χ3n) is 4.56. The van der Waals surface area contributed by atoms with E-state index in [-0.39, 0.29) is 31.0 Å². The molecule has 1 unspecified atom stereocenters. The fourth-order valence-electron chi connectivity index (χ4n) is 2.43. The normalized spacial score (nSPS) is 15.4. The fraction of sp³-hybridized carbons (Fsp3) is 0.714. The van der Waals surface area contributed by atoms with Crippen LogP contribution in [0.1, 0.15) is 58.3 Å². The van der Waals surface area contributed by atoms with Crippen LogP contribution in [0.2, 0.25) is 0 Å². The minimum absolute atomic E-state index is 0.0986. The Bertz CT molecular complexity index is 596. The third-order valence-corrected chi connectivity index (χ3v) is 5.59. The molecule has 0 spiro atoms. The van der Waals surface area contributed by atoms with E-state index in [9.17, 15) is 19.2 Å². The second kappa shape index (κ2) is 15.6. The maximum absolute atomic E-state index is 12.2. The lowest BCUT2D eigenvalue weighted by atomic mass is 10.2. The highest BCUT2D eigenvalue weighted by Crippen LogP contribution is 2.31. The van der Waals surface area contributed by atoms with Gasteiger partial charge in [-0.2, -0.15) is 0 Å². The van der Waals surface area contributed by atoms with Crippen LogP contribution in [-0.4, -0.2) is 66.8 Å². The number of rotatable bonds is 14. The Morgan fingerprint density at radius 3 is 2.48 bits per heavy atom. The number of carbonyl (C=O) groups is 4. The van der Waals surface area contributed by atoms with Gasteiger partial charge in [0, 0.05) is 38.2 Å². The van der Waals surface area contributed by atoms with Gasteiger partial charge >= 0.3 is 12.0 Å². The Hall–Kier alpha value is -2.23. The Kier molecular flexibility index (Phi) is 13.4. The van der Waals surface area contributed by atoms with Crippen molar-refractivity contribution in [3.63, 3.8) is 0 Å². The average Bonchev–Trinajstić information content (AvgIpc) is 3.64. The van der Waals surface area contributed by atoms with E-state index in [2.05, 4.69) is 21.9 Å². The molecule has 2 aliphatic rings. The lowest BCUT2D eigenvalue weighted by molar-refractivity contribution is -0.141. The third kappa shape index (κ3) is 14.4. The molecule has 2 rings (SSSR count). The summed E-state index contributed by atoms with van der Waals surface area (Å²) in [5.41, 5.74) is 0. The summed E-state index contributed by atoms with van der Waals surface area (Å²) >= 11 is 1.52. The van der Waals surface area contributed by atoms with Gasteiger partial charge in [0.05, 0.1) is 6.61 Å². The summed E-state index contributed by atoms with van der Waals surface area (Å²) in [4.78, 5) is 46.5. The number of unbranched alkanes of at least 4 members (excludes halogenated alkanes) is 2. The summed E-state index contributed by atoms with van der Waals surface area (Å²) in [6.07, 6.45) is 10.1. The quantitative estimate of drug-likeness (QED) is 0.121. The number of hydrogen-bond donors (Lipinski definition) is 3. The van der Waals surface area contributed by atoms with Gasteiger partial charge in [0.1, 0.15) is 6.04 Å². The first-order chi connectivity index (χ1) is 14.9. The molecule has 1 atom stereocenters. The van der Waals surface area contributed by atoms with Crippen molar-refractivity contribution in [3.05, 3.63) is 12.7 Å². The highest BCUT2D eigenvalue weighted by atomic mass is 32.2. The van der Waals surface area contributed by atoms with E-state index in [0.29, 0.717) is 6.54 Å². The average molecular weight is 457 g/mol. The van der Waals surface area contributed by atoms with Gasteiger partial charge in [-0.1, -0.05) is 6.08 Å². The maximum Gasteiger partial charge on any atom is 0.317 e. The fourth-order valence-corrected chi connectivity index (χ4v) is 3.05. The van der Waals surface area contributed by atoms with Crippen LogP contribution in [0.4, 0.5) is 4.79 Å². The molecule has 2 fully saturated rings. The number of urea groups is 1. The summed E-state index contributed by atoms with van der Waals surface area (Å²) in [5.74, 6) is -0.625. The first-order valence-corrected chi connectivity index (χ1v) is 11.7. The molecule has 0 heterocycles. The molecule has 2 aliphatic carbocycles. The summed E-state index contributed by atoms with van der Waals surface area (Å²) in [6.45, 7) is 5.69. The summed E-state index contributed by atoms with van der Waals surface area (Å²) in [7, 11) is 1.70. The first kappa shape index (κ1) is 26.8. The van der Waals surface area contributed by atoms with E-state index in [1.165, 1.54) is 31.7 Å². The van der Waals surface area contributed by atoms with Crippen LogP contribution < -0.4 is 15.4 Å². The zero-order chi connectivity index (χ0) is 23.1. The molecule has 4 amide bonds. The molecule has 0 saturated heterocycles. The van der Waals surface area contributed by atoms with Crippen LogP contribution in [0, 0.1) is 0 Å². The van der Waals surface area contributed by atoms with Crippen LogP contribution in [0.5, 0.6) is 0 Å². The largest absolute Gasteiger partial charge is 0.466 e. The Labute approximate surface area is 189 Å². The van der Waals surface area contributed by atoms with Crippen LogP contribution in [0.3, 0.4) is 0 Å². The molecule has 0 bridgehead atoms. The van der Waals surface area contributed by atoms with Crippen molar-refractivity contribution in [1.29, 1.82) is 0 Å². The minimum atomic E-state index is -0.701. The maximum atomic E-state index is 12.2. The Balaban J connectivity index is 0.000000577. The highest BCUT2D eigenvalue weighted by Gasteiger charge is 2.29. The molecule has 0 aromatic heterocycles. The molecule has 31 heavy (non-hydrogen) atoms. The number of hydrogen-bond acceptors (Lipinski definition) is 6. The lowest BCUT2D eigenvalue weighted by Gasteiger charge is -2.23. The van der Waals surface area contributed by atoms with E-state index < -0.39 is 12.0 Å². The smallest absolute Gasteiger partial charge is 0.317 e. The molecule has 10 heteroatoms. The Morgan fingerprint density at radius 2 is 1.94 bits per heavy atom. The van der Waals surface area contributed by atoms with Crippen molar-refractivity contribution < 1.29 is 23.9 Å². The van der Waals surface area contributed by atoms with Crippen LogP contribution in [-0.2, 0) is 19.1 Å². The first-order valence-electron chi connectivity index (χ1n) is 10.8. The van der Waals surface area contributed by atoms with Gasteiger partial charge < -0.3 is 25.0 Å². The number of nitrogens with one attached hydrogen (secondary N) is 3. The molecule has 176 valence electrons. The molecule has 0 radical (unpaired) electrons. The molecule has 9 nitrogen and oxygen atoms in total. The van der Waals surface area contributed by atoms with Gasteiger partial charge in [-0.05, 0) is 56.9 Å². The zero-order valence-electron chi connectivity index (χ0n) is 18.6. The second-order valence-corrected chi connectivity index (χ2v) is 8.81. The number of amides is 4. The van der Waals surface area contributed by atoms with Crippen LogP contribution >= 0.6 is 11.9 Å². The molecule has 0 aromatic carbocycles. The number of carbonyl (C=O) groups excluding carboxylic acids is 4. The monoisotopic (exact) mass is 456 g/mol. The lowest BCUT2D eigenvalue weighted by Crippen LogP contribution is -2.51. The van der Waals surface area contributed by atoms with Gasteiger partial charge in [-0.15, -0.1) is 6.58 Å². The van der Waals surface area contributed by atoms with Crippen molar-refractivity contribution in [2.75, 3.05) is 20.2 Å². The number of nitrogens with zero attached hydrogens (tertiary/aromatic N) is 1. The van der Waals surface area contributed by atoms with Crippen molar-refractivity contribution in [1.82, 2.24) is 20.3 Å². The molecular formula is C21H36N4O5S. The van der Waals surface area contributed by atoms with Crippen LogP contribution in [0.15, 0.2) is 12.7 Å². The SMILES string of the molecule is C=CCCCCN(C)C(=O)NC(CCOC(C)=O)C(=O)NC1CC1.O=CNSC1CC1. The number of allylic oxidation sites excluding steroid dienone is 1. The standard InChI is InChI=1S/C17H29N3O4.C4H7NOS/c1-4-5-6-7-11-20(3)17(23)19-15(10-12-24-13(2)21)16(22)18-14-8-9-14;6-3-5-7-4-1-2-4/h4,14-15H,1,5-12H2,2-3H3,(H,18,22)(H,19,23);3-4H,1-2H2,(H,5,6). The van der Waals surface area contributed by atoms with E-state index >= 15 is 0 Å². The van der Waals surface area contributed by atoms with E-state index in [1.54, 1.807) is 11.9 Å². The van der Waals surface area contributed by atoms with Crippen LogP contribution in [0.25, 0.3) is 0 Å². The van der Waals surface area contributed by atoms with E-state index in [4.69, 9.17) is 4.74 Å². The van der Waals surface area contributed by atoms with E-state index in [0.717, 1.165) is 43.8 Å². The summed E-state index contributed by atoms with van der Waals surface area (Å²) in [5, 5.41) is 6.33. The van der Waals surface area contributed by atoms with Gasteiger partial charge in [0.2, 0.25) is 12.3 Å². The van der Waals surface area contributed by atoms with Gasteiger partial charge in [0.15, 0.2) is 0 Å². The second-order valence-electron chi connectivity index (χ2n) is 7.67. The molecule has 3 N–H and O–H groups in total. The predicted molar refractivity (Wildman–Crippen MR) is 121 cm³/mol. The zero-order valence-corrected chi connectivity index (χ0v) is 19.4. The minimum Gasteiger partial charge on any atom is -0.466 e. The molecular weight excluding hydrogens is 420 g/mol. The summed E-state index contributed by atoms with van der Waals surface area (Å²) in [6, 6.07) is -0.789. The van der Waals surface area contributed by atoms with Gasteiger partial charge in [-0.25, -0.2) is 4.79 Å². The van der Waals surface area contributed by atoms with Gasteiger partial charge in [-0.3, -0.25) is 14.4 Å². The van der Waals surface area contributed by atoms with Crippen molar-refractivity contribution in [2.45, 2.75) is 75.6 Å². The highest BCUT2D eigenvalue weighted by molar-refractivity contribution is 7.98. The van der Waals surface area contributed by atoms with E-state index in [1.807, 2.05) is 6.08 Å². The number of ether oxygens (including phenoxy) is 1. The molecule has 2 saturated carbocycles. The Morgan fingerprint density at radius 1 is 1.23 bits per heavy atom.